The molecule has 1 heterocycles. The summed E-state index contributed by atoms with van der Waals surface area (Å²) >= 11 is 0. The normalized spacial score (nSPS) is 17.2. The number of ether oxygens (including phenoxy) is 1. The maximum Gasteiger partial charge on any atom is 0.0669 e. The Balaban J connectivity index is 2.04. The molecule has 0 spiro atoms. The molecular formula is C17H18O. The van der Waals surface area contributed by atoms with Crippen LogP contribution >= 0.6 is 0 Å². The number of hydrogen-bond acceptors (Lipinski definition) is 1. The van der Waals surface area contributed by atoms with E-state index in [0.29, 0.717) is 0 Å². The second-order valence-corrected chi connectivity index (χ2v) is 5.31. The van der Waals surface area contributed by atoms with E-state index in [9.17, 15) is 0 Å². The predicted molar refractivity (Wildman–Crippen MR) is 74.0 cm³/mol. The lowest BCUT2D eigenvalue weighted by Gasteiger charge is -2.42. The SMILES string of the molecule is Cc1ccc(C2(c3ccc(C)cc3)COC2)cc1. The summed E-state index contributed by atoms with van der Waals surface area (Å²) < 4.78 is 5.51. The van der Waals surface area contributed by atoms with Crippen molar-refractivity contribution in [1.29, 1.82) is 0 Å². The van der Waals surface area contributed by atoms with Gasteiger partial charge < -0.3 is 4.74 Å². The molecule has 92 valence electrons. The Hall–Kier alpha value is -1.60. The van der Waals surface area contributed by atoms with Gasteiger partial charge in [-0.3, -0.25) is 0 Å². The minimum atomic E-state index is 0.0708. The van der Waals surface area contributed by atoms with Crippen molar-refractivity contribution in [3.8, 4) is 0 Å². The summed E-state index contributed by atoms with van der Waals surface area (Å²) in [6.07, 6.45) is 0. The van der Waals surface area contributed by atoms with Crippen LogP contribution in [0.5, 0.6) is 0 Å². The van der Waals surface area contributed by atoms with Crippen LogP contribution in [-0.2, 0) is 10.2 Å². The summed E-state index contributed by atoms with van der Waals surface area (Å²) in [6.45, 7) is 5.83. The van der Waals surface area contributed by atoms with Gasteiger partial charge in [-0.25, -0.2) is 0 Å². The van der Waals surface area contributed by atoms with Gasteiger partial charge in [0.2, 0.25) is 0 Å². The zero-order valence-corrected chi connectivity index (χ0v) is 10.9. The first-order valence-corrected chi connectivity index (χ1v) is 6.43. The molecule has 0 aromatic heterocycles. The Labute approximate surface area is 108 Å². The Morgan fingerprint density at radius 2 is 1.11 bits per heavy atom. The van der Waals surface area contributed by atoms with Gasteiger partial charge in [0.25, 0.3) is 0 Å². The summed E-state index contributed by atoms with van der Waals surface area (Å²) in [6, 6.07) is 17.7. The van der Waals surface area contributed by atoms with Crippen molar-refractivity contribution >= 4 is 0 Å². The standard InChI is InChI=1S/C17H18O/c1-13-3-7-15(8-4-13)17(11-18-12-17)16-9-5-14(2)6-10-16/h3-10H,11-12H2,1-2H3. The van der Waals surface area contributed by atoms with Gasteiger partial charge in [0.1, 0.15) is 0 Å². The van der Waals surface area contributed by atoms with Gasteiger partial charge in [0, 0.05) is 0 Å². The first-order valence-electron chi connectivity index (χ1n) is 6.43. The molecule has 0 bridgehead atoms. The zero-order valence-electron chi connectivity index (χ0n) is 10.9. The van der Waals surface area contributed by atoms with Crippen LogP contribution in [-0.4, -0.2) is 13.2 Å². The van der Waals surface area contributed by atoms with Crippen molar-refractivity contribution in [1.82, 2.24) is 0 Å². The van der Waals surface area contributed by atoms with E-state index in [1.807, 2.05) is 0 Å². The largest absolute Gasteiger partial charge is 0.379 e. The minimum absolute atomic E-state index is 0.0708. The first-order chi connectivity index (χ1) is 8.71. The summed E-state index contributed by atoms with van der Waals surface area (Å²) in [7, 11) is 0. The maximum atomic E-state index is 5.51. The molecule has 1 nitrogen and oxygen atoms in total. The molecule has 1 saturated heterocycles. The Morgan fingerprint density at radius 1 is 0.722 bits per heavy atom. The third-order valence-corrected chi connectivity index (χ3v) is 3.91. The van der Waals surface area contributed by atoms with Crippen molar-refractivity contribution in [3.05, 3.63) is 70.8 Å². The predicted octanol–water partition coefficient (Wildman–Crippen LogP) is 3.62. The molecule has 0 aliphatic carbocycles. The topological polar surface area (TPSA) is 9.23 Å². The molecule has 1 heteroatoms. The highest BCUT2D eigenvalue weighted by molar-refractivity contribution is 5.43. The Morgan fingerprint density at radius 3 is 1.39 bits per heavy atom. The molecule has 0 unspecified atom stereocenters. The zero-order chi connectivity index (χ0) is 12.6. The Bertz CT molecular complexity index is 485. The highest BCUT2D eigenvalue weighted by Crippen LogP contribution is 2.39. The van der Waals surface area contributed by atoms with E-state index in [2.05, 4.69) is 62.4 Å². The van der Waals surface area contributed by atoms with Crippen molar-refractivity contribution in [2.45, 2.75) is 19.3 Å². The van der Waals surface area contributed by atoms with Crippen molar-refractivity contribution in [2.24, 2.45) is 0 Å². The molecule has 1 aliphatic heterocycles. The lowest BCUT2D eigenvalue weighted by Crippen LogP contribution is -2.47. The van der Waals surface area contributed by atoms with E-state index >= 15 is 0 Å². The molecule has 18 heavy (non-hydrogen) atoms. The molecule has 0 amide bonds. The van der Waals surface area contributed by atoms with Gasteiger partial charge in [-0.15, -0.1) is 0 Å². The lowest BCUT2D eigenvalue weighted by molar-refractivity contribution is -0.0380. The van der Waals surface area contributed by atoms with E-state index in [0.717, 1.165) is 13.2 Å². The monoisotopic (exact) mass is 238 g/mol. The first kappa shape index (κ1) is 11.5. The second kappa shape index (κ2) is 4.25. The highest BCUT2D eigenvalue weighted by atomic mass is 16.5. The van der Waals surface area contributed by atoms with Gasteiger partial charge in [-0.1, -0.05) is 59.7 Å². The van der Waals surface area contributed by atoms with E-state index in [4.69, 9.17) is 4.74 Å². The quantitative estimate of drug-likeness (QED) is 0.776. The van der Waals surface area contributed by atoms with Gasteiger partial charge in [-0.2, -0.15) is 0 Å². The van der Waals surface area contributed by atoms with E-state index in [1.54, 1.807) is 0 Å². The molecule has 0 radical (unpaired) electrons. The van der Waals surface area contributed by atoms with Crippen molar-refractivity contribution in [3.63, 3.8) is 0 Å². The molecular weight excluding hydrogens is 220 g/mol. The smallest absolute Gasteiger partial charge is 0.0669 e. The summed E-state index contributed by atoms with van der Waals surface area (Å²) in [5.41, 5.74) is 5.41. The summed E-state index contributed by atoms with van der Waals surface area (Å²) in [5, 5.41) is 0. The molecule has 2 aromatic rings. The molecule has 0 N–H and O–H groups in total. The van der Waals surface area contributed by atoms with Crippen LogP contribution in [0.4, 0.5) is 0 Å². The molecule has 2 aromatic carbocycles. The van der Waals surface area contributed by atoms with Crippen molar-refractivity contribution < 1.29 is 4.74 Å². The van der Waals surface area contributed by atoms with E-state index in [-0.39, 0.29) is 5.41 Å². The van der Waals surface area contributed by atoms with Gasteiger partial charge in [0.15, 0.2) is 0 Å². The maximum absolute atomic E-state index is 5.51. The average Bonchev–Trinajstić information content (AvgIpc) is 2.32. The third kappa shape index (κ3) is 1.75. The summed E-state index contributed by atoms with van der Waals surface area (Å²) in [4.78, 5) is 0. The number of hydrogen-bond donors (Lipinski definition) is 0. The van der Waals surface area contributed by atoms with Gasteiger partial charge in [-0.05, 0) is 25.0 Å². The number of rotatable bonds is 2. The lowest BCUT2D eigenvalue weighted by atomic mass is 9.72. The molecule has 0 saturated carbocycles. The van der Waals surface area contributed by atoms with Crippen molar-refractivity contribution in [2.75, 3.05) is 13.2 Å². The fourth-order valence-corrected chi connectivity index (χ4v) is 2.55. The van der Waals surface area contributed by atoms with Crippen LogP contribution in [0.25, 0.3) is 0 Å². The van der Waals surface area contributed by atoms with Crippen LogP contribution in [0, 0.1) is 13.8 Å². The van der Waals surface area contributed by atoms with E-state index < -0.39 is 0 Å². The van der Waals surface area contributed by atoms with E-state index in [1.165, 1.54) is 22.3 Å². The molecule has 1 aliphatic rings. The molecule has 3 rings (SSSR count). The molecule has 1 fully saturated rings. The minimum Gasteiger partial charge on any atom is -0.379 e. The summed E-state index contributed by atoms with van der Waals surface area (Å²) in [5.74, 6) is 0. The van der Waals surface area contributed by atoms with Gasteiger partial charge in [0.05, 0.1) is 18.6 Å². The Kier molecular flexibility index (Phi) is 2.71. The third-order valence-electron chi connectivity index (χ3n) is 3.91. The van der Waals surface area contributed by atoms with Crippen LogP contribution in [0.15, 0.2) is 48.5 Å². The molecule has 0 atom stereocenters. The van der Waals surface area contributed by atoms with Gasteiger partial charge >= 0.3 is 0 Å². The van der Waals surface area contributed by atoms with Crippen LogP contribution in [0.2, 0.25) is 0 Å². The van der Waals surface area contributed by atoms with Crippen LogP contribution in [0.1, 0.15) is 22.3 Å². The average molecular weight is 238 g/mol. The number of benzene rings is 2. The highest BCUT2D eigenvalue weighted by Gasteiger charge is 2.41. The fourth-order valence-electron chi connectivity index (χ4n) is 2.55. The van der Waals surface area contributed by atoms with Crippen LogP contribution < -0.4 is 0 Å². The second-order valence-electron chi connectivity index (χ2n) is 5.31. The fraction of sp³-hybridized carbons (Fsp3) is 0.294. The number of aryl methyl sites for hydroxylation is 2. The van der Waals surface area contributed by atoms with Crippen LogP contribution in [0.3, 0.4) is 0 Å².